The zero-order chi connectivity index (χ0) is 15.5. The summed E-state index contributed by atoms with van der Waals surface area (Å²) in [4.78, 5) is 6.89. The highest BCUT2D eigenvalue weighted by Crippen LogP contribution is 2.32. The van der Waals surface area contributed by atoms with Crippen LogP contribution in [0.5, 0.6) is 5.75 Å². The van der Waals surface area contributed by atoms with Crippen LogP contribution in [0.3, 0.4) is 0 Å². The van der Waals surface area contributed by atoms with Gasteiger partial charge in [0.15, 0.2) is 0 Å². The van der Waals surface area contributed by atoms with E-state index in [-0.39, 0.29) is 0 Å². The van der Waals surface area contributed by atoms with Crippen molar-refractivity contribution < 1.29 is 4.74 Å². The first-order valence-corrected chi connectivity index (χ1v) is 7.48. The molecule has 0 fully saturated rings. The molecule has 0 radical (unpaired) electrons. The SMILES string of the molecule is COc1ccc(N(c2nccc3ccccc23)C(C)C)cc1. The van der Waals surface area contributed by atoms with Crippen molar-refractivity contribution in [2.75, 3.05) is 12.0 Å². The van der Waals surface area contributed by atoms with Gasteiger partial charge in [-0.2, -0.15) is 0 Å². The van der Waals surface area contributed by atoms with Gasteiger partial charge < -0.3 is 9.64 Å². The van der Waals surface area contributed by atoms with E-state index in [9.17, 15) is 0 Å². The van der Waals surface area contributed by atoms with E-state index < -0.39 is 0 Å². The van der Waals surface area contributed by atoms with E-state index in [0.717, 1.165) is 22.6 Å². The summed E-state index contributed by atoms with van der Waals surface area (Å²) >= 11 is 0. The molecule has 2 aromatic carbocycles. The molecule has 3 nitrogen and oxygen atoms in total. The monoisotopic (exact) mass is 292 g/mol. The van der Waals surface area contributed by atoms with Crippen molar-refractivity contribution in [2.24, 2.45) is 0 Å². The maximum Gasteiger partial charge on any atom is 0.141 e. The number of methoxy groups -OCH3 is 1. The van der Waals surface area contributed by atoms with Crippen molar-refractivity contribution in [1.29, 1.82) is 0 Å². The Morgan fingerprint density at radius 2 is 1.68 bits per heavy atom. The van der Waals surface area contributed by atoms with Gasteiger partial charge in [0.05, 0.1) is 7.11 Å². The molecule has 0 aliphatic heterocycles. The van der Waals surface area contributed by atoms with Gasteiger partial charge in [0.25, 0.3) is 0 Å². The summed E-state index contributed by atoms with van der Waals surface area (Å²) in [6.45, 7) is 4.35. The number of pyridine rings is 1. The molecule has 3 aromatic rings. The number of benzene rings is 2. The fraction of sp³-hybridized carbons (Fsp3) is 0.211. The third-order valence-corrected chi connectivity index (χ3v) is 3.75. The molecule has 3 heteroatoms. The van der Waals surface area contributed by atoms with Gasteiger partial charge in [0.1, 0.15) is 11.6 Å². The fourth-order valence-corrected chi connectivity index (χ4v) is 2.70. The second kappa shape index (κ2) is 6.06. The van der Waals surface area contributed by atoms with Crippen molar-refractivity contribution in [3.8, 4) is 5.75 Å². The summed E-state index contributed by atoms with van der Waals surface area (Å²) in [6, 6.07) is 18.8. The number of fused-ring (bicyclic) bond motifs is 1. The van der Waals surface area contributed by atoms with Gasteiger partial charge in [-0.3, -0.25) is 0 Å². The Bertz CT molecular complexity index is 760. The van der Waals surface area contributed by atoms with E-state index in [1.165, 1.54) is 5.39 Å². The van der Waals surface area contributed by atoms with Crippen molar-refractivity contribution in [1.82, 2.24) is 4.98 Å². The van der Waals surface area contributed by atoms with E-state index in [0.29, 0.717) is 6.04 Å². The van der Waals surface area contributed by atoms with E-state index in [2.05, 4.69) is 60.1 Å². The lowest BCUT2D eigenvalue weighted by atomic mass is 10.1. The van der Waals surface area contributed by atoms with Gasteiger partial charge >= 0.3 is 0 Å². The first kappa shape index (κ1) is 14.4. The number of rotatable bonds is 4. The van der Waals surface area contributed by atoms with Gasteiger partial charge in [-0.1, -0.05) is 24.3 Å². The van der Waals surface area contributed by atoms with Crippen LogP contribution in [0.15, 0.2) is 60.8 Å². The molecular weight excluding hydrogens is 272 g/mol. The fourth-order valence-electron chi connectivity index (χ4n) is 2.70. The van der Waals surface area contributed by atoms with Crippen LogP contribution >= 0.6 is 0 Å². The van der Waals surface area contributed by atoms with Gasteiger partial charge in [-0.15, -0.1) is 0 Å². The van der Waals surface area contributed by atoms with Gasteiger partial charge in [-0.25, -0.2) is 4.98 Å². The van der Waals surface area contributed by atoms with E-state index in [1.807, 2.05) is 24.4 Å². The molecule has 0 unspecified atom stereocenters. The lowest BCUT2D eigenvalue weighted by molar-refractivity contribution is 0.415. The summed E-state index contributed by atoms with van der Waals surface area (Å²) < 4.78 is 5.25. The summed E-state index contributed by atoms with van der Waals surface area (Å²) in [5.41, 5.74) is 1.11. The summed E-state index contributed by atoms with van der Waals surface area (Å²) in [7, 11) is 1.68. The van der Waals surface area contributed by atoms with Crippen molar-refractivity contribution in [3.63, 3.8) is 0 Å². The molecule has 0 amide bonds. The minimum atomic E-state index is 0.298. The Morgan fingerprint density at radius 3 is 2.36 bits per heavy atom. The molecule has 3 rings (SSSR count). The standard InChI is InChI=1S/C19H20N2O/c1-14(2)21(16-8-10-17(22-3)11-9-16)19-18-7-5-4-6-15(18)12-13-20-19/h4-14H,1-3H3. The summed E-state index contributed by atoms with van der Waals surface area (Å²) in [6.07, 6.45) is 1.87. The molecule has 0 spiro atoms. The number of aromatic nitrogens is 1. The average molecular weight is 292 g/mol. The minimum Gasteiger partial charge on any atom is -0.497 e. The maximum atomic E-state index is 5.25. The average Bonchev–Trinajstić information content (AvgIpc) is 2.56. The van der Waals surface area contributed by atoms with Crippen LogP contribution in [0, 0.1) is 0 Å². The van der Waals surface area contributed by atoms with E-state index >= 15 is 0 Å². The highest BCUT2D eigenvalue weighted by Gasteiger charge is 2.17. The number of hydrogen-bond donors (Lipinski definition) is 0. The Kier molecular flexibility index (Phi) is 3.96. The zero-order valence-electron chi connectivity index (χ0n) is 13.2. The molecule has 0 N–H and O–H groups in total. The highest BCUT2D eigenvalue weighted by molar-refractivity contribution is 5.94. The van der Waals surface area contributed by atoms with Crippen LogP contribution in [-0.2, 0) is 0 Å². The third kappa shape index (κ3) is 2.62. The van der Waals surface area contributed by atoms with Crippen molar-refractivity contribution in [3.05, 3.63) is 60.8 Å². The van der Waals surface area contributed by atoms with Gasteiger partial charge in [0.2, 0.25) is 0 Å². The van der Waals surface area contributed by atoms with Crippen LogP contribution in [-0.4, -0.2) is 18.1 Å². The predicted molar refractivity (Wildman–Crippen MR) is 92.0 cm³/mol. The Morgan fingerprint density at radius 1 is 0.955 bits per heavy atom. The maximum absolute atomic E-state index is 5.25. The second-order valence-corrected chi connectivity index (χ2v) is 5.52. The Hall–Kier alpha value is -2.55. The quantitative estimate of drug-likeness (QED) is 0.691. The van der Waals surface area contributed by atoms with Crippen LogP contribution in [0.2, 0.25) is 0 Å². The minimum absolute atomic E-state index is 0.298. The number of ether oxygens (including phenoxy) is 1. The molecule has 0 bridgehead atoms. The lowest BCUT2D eigenvalue weighted by Gasteiger charge is -2.29. The molecule has 0 saturated carbocycles. The Labute approximate surface area is 131 Å². The number of hydrogen-bond acceptors (Lipinski definition) is 3. The molecule has 0 atom stereocenters. The molecule has 1 aromatic heterocycles. The lowest BCUT2D eigenvalue weighted by Crippen LogP contribution is -2.26. The molecular formula is C19H20N2O. The normalized spacial score (nSPS) is 10.9. The van der Waals surface area contributed by atoms with E-state index in [4.69, 9.17) is 4.74 Å². The first-order valence-electron chi connectivity index (χ1n) is 7.48. The number of anilines is 2. The second-order valence-electron chi connectivity index (χ2n) is 5.52. The van der Waals surface area contributed by atoms with Crippen molar-refractivity contribution >= 4 is 22.3 Å². The van der Waals surface area contributed by atoms with Crippen LogP contribution < -0.4 is 9.64 Å². The summed E-state index contributed by atoms with van der Waals surface area (Å²) in [5.74, 6) is 1.84. The smallest absolute Gasteiger partial charge is 0.141 e. The van der Waals surface area contributed by atoms with Crippen LogP contribution in [0.1, 0.15) is 13.8 Å². The molecule has 0 saturated heterocycles. The summed E-state index contributed by atoms with van der Waals surface area (Å²) in [5, 5.41) is 2.36. The van der Waals surface area contributed by atoms with E-state index in [1.54, 1.807) is 7.11 Å². The third-order valence-electron chi connectivity index (χ3n) is 3.75. The Balaban J connectivity index is 2.13. The predicted octanol–water partition coefficient (Wildman–Crippen LogP) is 4.79. The van der Waals surface area contributed by atoms with Crippen LogP contribution in [0.25, 0.3) is 10.8 Å². The molecule has 0 aliphatic carbocycles. The van der Waals surface area contributed by atoms with Gasteiger partial charge in [-0.05, 0) is 49.6 Å². The first-order chi connectivity index (χ1) is 10.7. The van der Waals surface area contributed by atoms with Crippen LogP contribution in [0.4, 0.5) is 11.5 Å². The topological polar surface area (TPSA) is 25.4 Å². The highest BCUT2D eigenvalue weighted by atomic mass is 16.5. The molecule has 1 heterocycles. The molecule has 112 valence electrons. The van der Waals surface area contributed by atoms with Gasteiger partial charge in [0, 0.05) is 23.3 Å². The zero-order valence-corrected chi connectivity index (χ0v) is 13.2. The molecule has 22 heavy (non-hydrogen) atoms. The van der Waals surface area contributed by atoms with Crippen molar-refractivity contribution in [2.45, 2.75) is 19.9 Å². The molecule has 0 aliphatic rings. The number of nitrogens with zero attached hydrogens (tertiary/aromatic N) is 2. The largest absolute Gasteiger partial charge is 0.497 e.